The quantitative estimate of drug-likeness (QED) is 0.106. The number of aliphatic hydroxyl groups excluding tert-OH is 12. The molecule has 68 heavy (non-hydrogen) atoms. The van der Waals surface area contributed by atoms with Crippen molar-refractivity contribution in [1.29, 1.82) is 0 Å². The first kappa shape index (κ1) is 52.8. The second kappa shape index (κ2) is 18.2. The molecule has 12 N–H and O–H groups in total. The predicted molar refractivity (Wildman–Crippen MR) is 236 cm³/mol. The van der Waals surface area contributed by atoms with Crippen molar-refractivity contribution in [3.63, 3.8) is 0 Å². The van der Waals surface area contributed by atoms with Gasteiger partial charge in [-0.1, -0.05) is 67.0 Å². The molecule has 4 saturated carbocycles. The van der Waals surface area contributed by atoms with Crippen LogP contribution in [0.2, 0.25) is 0 Å². The Morgan fingerprint density at radius 2 is 1.28 bits per heavy atom. The normalized spacial score (nSPS) is 55.4. The molecule has 0 amide bonds. The molecule has 19 heteroatoms. The Balaban J connectivity index is 1.00. The van der Waals surface area contributed by atoms with Crippen LogP contribution in [-0.4, -0.2) is 191 Å². The van der Waals surface area contributed by atoms with Gasteiger partial charge >= 0.3 is 5.97 Å². The highest BCUT2D eigenvalue weighted by molar-refractivity contribution is 5.79. The summed E-state index contributed by atoms with van der Waals surface area (Å²) in [5.74, 6) is -1.18. The van der Waals surface area contributed by atoms with Gasteiger partial charge in [0, 0.05) is 0 Å². The van der Waals surface area contributed by atoms with Crippen LogP contribution in [0, 0.1) is 56.2 Å². The predicted octanol–water partition coefficient (Wildman–Crippen LogP) is -0.644. The van der Waals surface area contributed by atoms with E-state index in [2.05, 4.69) is 47.6 Å². The van der Waals surface area contributed by atoms with Crippen molar-refractivity contribution in [2.24, 2.45) is 56.2 Å². The van der Waals surface area contributed by atoms with Crippen molar-refractivity contribution < 1.29 is 94.5 Å². The Bertz CT molecular complexity index is 1880. The molecule has 0 aromatic carbocycles. The maximum Gasteiger partial charge on any atom is 0.315 e. The number of allylic oxidation sites excluding steroid dienone is 2. The van der Waals surface area contributed by atoms with Crippen molar-refractivity contribution in [2.45, 2.75) is 218 Å². The minimum atomic E-state index is -1.88. The molecule has 390 valence electrons. The summed E-state index contributed by atoms with van der Waals surface area (Å²) in [4.78, 5) is 15.1. The van der Waals surface area contributed by atoms with Gasteiger partial charge in [0.15, 0.2) is 12.6 Å². The van der Waals surface area contributed by atoms with E-state index in [0.717, 1.165) is 5.57 Å². The zero-order valence-corrected chi connectivity index (χ0v) is 40.9. The van der Waals surface area contributed by atoms with E-state index in [0.29, 0.717) is 44.9 Å². The molecular formula is C49H80O19. The molecule has 26 atom stereocenters. The molecule has 3 aliphatic heterocycles. The van der Waals surface area contributed by atoms with Crippen LogP contribution in [0.4, 0.5) is 0 Å². The van der Waals surface area contributed by atoms with Crippen molar-refractivity contribution in [3.05, 3.63) is 11.6 Å². The standard InChI is InChI=1S/C49H80O19/c1-20-28-22-10-11-27-46(7)16-24(52)39(61)45(5,6)38(46)23(51)17-48(27,9)47(22,8)13-15-49(28,14-12-44(20,3)4)43(62)68-42-35(59)32(56)30(54)26(66-42)19-63-40-36(60)33(57)37(25(18-50)65-40)67-41-34(58)31(55)29(53)21(2)64-41/h10,20-21,23-42,50-61H,11-19H2,1-9H3/t20-,21+,23-,24-,25-,26-,27-,28+,29+,30-,31-,32+,33-,34-,35-,36-,37-,38+,39+,40-,41+,42+,46-,47-,48-,49+/m1/s1. The number of rotatable bonds is 8. The summed E-state index contributed by atoms with van der Waals surface area (Å²) in [6.45, 7) is 17.1. The number of aliphatic hydroxyl groups is 12. The molecule has 0 bridgehead atoms. The summed E-state index contributed by atoms with van der Waals surface area (Å²) < 4.78 is 34.8. The summed E-state index contributed by atoms with van der Waals surface area (Å²) in [7, 11) is 0. The van der Waals surface area contributed by atoms with Crippen LogP contribution in [0.25, 0.3) is 0 Å². The van der Waals surface area contributed by atoms with Gasteiger partial charge in [0.25, 0.3) is 0 Å². The number of carbonyl (C=O) groups is 1. The fourth-order valence-electron chi connectivity index (χ4n) is 15.5. The first-order chi connectivity index (χ1) is 31.5. The maximum atomic E-state index is 15.1. The third kappa shape index (κ3) is 7.90. The van der Waals surface area contributed by atoms with Crippen LogP contribution in [0.1, 0.15) is 107 Å². The van der Waals surface area contributed by atoms with E-state index >= 15 is 4.79 Å². The van der Waals surface area contributed by atoms with Crippen molar-refractivity contribution >= 4 is 5.97 Å². The Hall–Kier alpha value is -1.47. The monoisotopic (exact) mass is 973 g/mol. The second-order valence-electron chi connectivity index (χ2n) is 24.1. The summed E-state index contributed by atoms with van der Waals surface area (Å²) in [5.41, 5.74) is -2.32. The van der Waals surface area contributed by atoms with Gasteiger partial charge in [-0.15, -0.1) is 0 Å². The largest absolute Gasteiger partial charge is 0.432 e. The topological polar surface area (TPSA) is 315 Å². The lowest BCUT2D eigenvalue weighted by Crippen LogP contribution is -2.70. The fourth-order valence-corrected chi connectivity index (χ4v) is 15.5. The molecule has 0 aromatic heterocycles. The number of ether oxygens (including phenoxy) is 6. The number of hydrogen-bond donors (Lipinski definition) is 12. The van der Waals surface area contributed by atoms with Crippen LogP contribution in [-0.2, 0) is 33.2 Å². The zero-order valence-electron chi connectivity index (χ0n) is 40.9. The van der Waals surface area contributed by atoms with E-state index in [4.69, 9.17) is 28.4 Å². The number of fused-ring (bicyclic) bond motifs is 7. The molecule has 0 spiro atoms. The minimum absolute atomic E-state index is 0.0312. The van der Waals surface area contributed by atoms with Crippen molar-refractivity contribution in [2.75, 3.05) is 13.2 Å². The Morgan fingerprint density at radius 1 is 0.676 bits per heavy atom. The summed E-state index contributed by atoms with van der Waals surface area (Å²) in [5, 5.41) is 131. The third-order valence-corrected chi connectivity index (χ3v) is 19.9. The lowest BCUT2D eigenvalue weighted by molar-refractivity contribution is -0.361. The van der Waals surface area contributed by atoms with E-state index in [9.17, 15) is 61.3 Å². The molecule has 3 saturated heterocycles. The molecule has 7 fully saturated rings. The van der Waals surface area contributed by atoms with Gasteiger partial charge in [0.1, 0.15) is 67.1 Å². The summed E-state index contributed by atoms with van der Waals surface area (Å²) in [6.07, 6.45) is -21.2. The molecular weight excluding hydrogens is 893 g/mol. The Kier molecular flexibility index (Phi) is 14.1. The lowest BCUT2D eigenvalue weighted by atomic mass is 9.32. The molecule has 8 aliphatic rings. The highest BCUT2D eigenvalue weighted by Crippen LogP contribution is 2.76. The van der Waals surface area contributed by atoms with E-state index < -0.39 is 157 Å². The number of hydrogen-bond acceptors (Lipinski definition) is 19. The third-order valence-electron chi connectivity index (χ3n) is 19.9. The molecule has 0 aromatic rings. The van der Waals surface area contributed by atoms with Crippen LogP contribution < -0.4 is 0 Å². The van der Waals surface area contributed by atoms with Gasteiger partial charge in [0.05, 0.1) is 43.0 Å². The molecule has 0 unspecified atom stereocenters. The Labute approximate surface area is 398 Å². The summed E-state index contributed by atoms with van der Waals surface area (Å²) in [6, 6.07) is 0. The van der Waals surface area contributed by atoms with E-state index in [1.165, 1.54) is 6.92 Å². The number of esters is 1. The SMILES string of the molecule is C[C@@H]1O[C@@H](O[C@H]2[C@H](O)[C@@H](O)[C@H](OC[C@H]3O[C@@H](OC(=O)[C@]45CCC(C)(C)[C@H](C)[C@H]4C4=CC[C@@H]6[C@@]7(C)C[C@@H](O)[C@H](O)C(C)(C)[C@@H]7[C@H](O)C[C@@]6(C)[C@]4(C)CC5)[C@H](O)[C@@H](O)[C@@H]3O)O[C@@H]2CO)[C@H](O)[C@H](O)[C@H]1O. The van der Waals surface area contributed by atoms with Gasteiger partial charge in [-0.2, -0.15) is 0 Å². The average molecular weight is 973 g/mol. The highest BCUT2D eigenvalue weighted by atomic mass is 16.8. The van der Waals surface area contributed by atoms with Gasteiger partial charge in [-0.25, -0.2) is 0 Å². The smallest absolute Gasteiger partial charge is 0.315 e. The number of carbonyl (C=O) groups excluding carboxylic acids is 1. The van der Waals surface area contributed by atoms with Gasteiger partial charge in [0.2, 0.25) is 6.29 Å². The van der Waals surface area contributed by atoms with E-state index in [1.807, 2.05) is 13.8 Å². The maximum absolute atomic E-state index is 15.1. The first-order valence-corrected chi connectivity index (χ1v) is 24.8. The first-order valence-electron chi connectivity index (χ1n) is 24.8. The molecule has 0 radical (unpaired) electrons. The van der Waals surface area contributed by atoms with Crippen LogP contribution in [0.3, 0.4) is 0 Å². The van der Waals surface area contributed by atoms with E-state index in [1.54, 1.807) is 0 Å². The molecule has 3 heterocycles. The van der Waals surface area contributed by atoms with Crippen LogP contribution >= 0.6 is 0 Å². The van der Waals surface area contributed by atoms with Gasteiger partial charge in [-0.3, -0.25) is 4.79 Å². The zero-order chi connectivity index (χ0) is 50.2. The van der Waals surface area contributed by atoms with Crippen LogP contribution in [0.5, 0.6) is 0 Å². The van der Waals surface area contributed by atoms with Gasteiger partial charge in [-0.05, 0) is 103 Å². The summed E-state index contributed by atoms with van der Waals surface area (Å²) >= 11 is 0. The van der Waals surface area contributed by atoms with Crippen molar-refractivity contribution in [1.82, 2.24) is 0 Å². The fraction of sp³-hybridized carbons (Fsp3) is 0.939. The highest BCUT2D eigenvalue weighted by Gasteiger charge is 2.73. The lowest BCUT2D eigenvalue weighted by Gasteiger charge is -2.72. The Morgan fingerprint density at radius 3 is 1.94 bits per heavy atom. The minimum Gasteiger partial charge on any atom is -0.432 e. The molecule has 19 nitrogen and oxygen atoms in total. The second-order valence-corrected chi connectivity index (χ2v) is 24.1. The van der Waals surface area contributed by atoms with Crippen LogP contribution in [0.15, 0.2) is 11.6 Å². The van der Waals surface area contributed by atoms with Crippen molar-refractivity contribution in [3.8, 4) is 0 Å². The van der Waals surface area contributed by atoms with E-state index in [-0.39, 0.29) is 29.1 Å². The van der Waals surface area contributed by atoms with Gasteiger partial charge < -0.3 is 89.7 Å². The molecule has 5 aliphatic carbocycles. The molecule has 8 rings (SSSR count). The average Bonchev–Trinajstić information content (AvgIpc) is 3.27.